The summed E-state index contributed by atoms with van der Waals surface area (Å²) < 4.78 is 48.3. The Labute approximate surface area is 468 Å². The highest BCUT2D eigenvalue weighted by Crippen LogP contribution is 2.63. The van der Waals surface area contributed by atoms with Gasteiger partial charge in [-0.25, -0.2) is 19.2 Å². The first-order chi connectivity index (χ1) is 37.4. The van der Waals surface area contributed by atoms with Crippen molar-refractivity contribution in [3.63, 3.8) is 0 Å². The molecule has 3 aromatic rings. The second-order valence-electron chi connectivity index (χ2n) is 22.0. The molecule has 3 aromatic carbocycles. The number of hydrogen-bond acceptors (Lipinski definition) is 18. The first-order valence-corrected chi connectivity index (χ1v) is 28.8. The molecule has 4 aliphatic rings. The van der Waals surface area contributed by atoms with Crippen molar-refractivity contribution in [1.82, 2.24) is 10.6 Å². The van der Waals surface area contributed by atoms with Crippen molar-refractivity contribution in [2.24, 2.45) is 28.4 Å². The third kappa shape index (κ3) is 13.5. The third-order valence-corrected chi connectivity index (χ3v) is 18.1. The van der Waals surface area contributed by atoms with E-state index in [1.807, 2.05) is 30.3 Å². The van der Waals surface area contributed by atoms with Gasteiger partial charge in [-0.15, -0.1) is 0 Å². The van der Waals surface area contributed by atoms with Crippen molar-refractivity contribution in [1.29, 1.82) is 0 Å². The molecule has 3 unspecified atom stereocenters. The van der Waals surface area contributed by atoms with Crippen LogP contribution in [0, 0.1) is 22.7 Å². The van der Waals surface area contributed by atoms with Gasteiger partial charge in [0.2, 0.25) is 17.9 Å². The number of amides is 3. The van der Waals surface area contributed by atoms with Gasteiger partial charge in [0.1, 0.15) is 48.2 Å². The molecular formula is C58H73N3O16S2. The number of fused-ring (bicyclic) bond motifs is 5. The van der Waals surface area contributed by atoms with Gasteiger partial charge in [0.05, 0.1) is 29.8 Å². The van der Waals surface area contributed by atoms with Crippen LogP contribution in [-0.4, -0.2) is 140 Å². The number of ketones is 1. The molecule has 2 saturated carbocycles. The van der Waals surface area contributed by atoms with E-state index in [0.717, 1.165) is 5.56 Å². The van der Waals surface area contributed by atoms with Crippen LogP contribution in [0.5, 0.6) is 0 Å². The van der Waals surface area contributed by atoms with Gasteiger partial charge in [-0.2, -0.15) is 0 Å². The minimum absolute atomic E-state index is 0.0760. The summed E-state index contributed by atoms with van der Waals surface area (Å²) in [4.78, 5) is 97.4. The molecule has 0 spiro atoms. The summed E-state index contributed by atoms with van der Waals surface area (Å²) in [5.74, 6) is -4.06. The summed E-state index contributed by atoms with van der Waals surface area (Å²) in [6.45, 7) is 11.9. The zero-order valence-electron chi connectivity index (χ0n) is 46.1. The number of nitrogens with two attached hydrogens (primary N) is 1. The van der Waals surface area contributed by atoms with Crippen LogP contribution in [0.1, 0.15) is 95.3 Å². The zero-order chi connectivity index (χ0) is 57.5. The van der Waals surface area contributed by atoms with Crippen molar-refractivity contribution in [2.45, 2.75) is 134 Å². The number of aliphatic hydroxyl groups is 1. The monoisotopic (exact) mass is 1130 g/mol. The van der Waals surface area contributed by atoms with Gasteiger partial charge in [-0.05, 0) is 69.0 Å². The standard InChI is InChI=1S/C58H73N3O16S2/c1-33-40(31-58(69)49(76-51(65)36-23-17-12-18-24-36)44-37-32-73-39(37)30-41(70-8)57(44,7)48(63)46(71-9)43(33)56(58,5)6)74-52(66)47(45(35-21-15-11-16-22-35)61-53(67)77-55(2,3)4)75-54(68)72-26-28-79-78-27-25-42(62)60-38(50(59)64)29-34-19-13-10-14-20-34/h10-24,37-41,44-47,49,69H,25-32H2,1-9H3,(H2,59,64)(H,60,62)(H,61,67)/t37?,38-,39?,40+,41+,44?,45+,46-,47-,49+,57-,58-/m1/s1. The van der Waals surface area contributed by atoms with Crippen LogP contribution in [0.2, 0.25) is 0 Å². The Bertz CT molecular complexity index is 2710. The molecule has 12 atom stereocenters. The number of nitrogens with one attached hydrogen (secondary N) is 2. The molecule has 3 fully saturated rings. The fourth-order valence-electron chi connectivity index (χ4n) is 11.6. The van der Waals surface area contributed by atoms with E-state index in [9.17, 15) is 29.1 Å². The van der Waals surface area contributed by atoms with Crippen molar-refractivity contribution >= 4 is 63.4 Å². The van der Waals surface area contributed by atoms with E-state index in [1.54, 1.807) is 109 Å². The van der Waals surface area contributed by atoms with Gasteiger partial charge in [-0.3, -0.25) is 14.4 Å². The minimum atomic E-state index is -2.12. The van der Waals surface area contributed by atoms with Gasteiger partial charge in [0.25, 0.3) is 0 Å². The number of benzene rings is 3. The van der Waals surface area contributed by atoms with Crippen LogP contribution in [0.4, 0.5) is 9.59 Å². The second kappa shape index (κ2) is 25.6. The number of methoxy groups -OCH3 is 2. The van der Waals surface area contributed by atoms with E-state index in [1.165, 1.54) is 35.8 Å². The van der Waals surface area contributed by atoms with Crippen LogP contribution in [0.25, 0.3) is 0 Å². The number of primary amides is 1. The Kier molecular flexibility index (Phi) is 19.7. The van der Waals surface area contributed by atoms with E-state index in [0.29, 0.717) is 23.3 Å². The molecule has 1 aliphatic heterocycles. The Hall–Kier alpha value is -5.97. The minimum Gasteiger partial charge on any atom is -0.455 e. The van der Waals surface area contributed by atoms with Crippen LogP contribution in [0.15, 0.2) is 102 Å². The molecule has 5 N–H and O–H groups in total. The molecule has 7 rings (SSSR count). The predicted octanol–water partition coefficient (Wildman–Crippen LogP) is 7.03. The number of Topliss-reactive ketones (excluding diaryl/α,β-unsaturated/α-hetero) is 1. The topological polar surface area (TPSA) is 264 Å². The van der Waals surface area contributed by atoms with E-state index in [-0.39, 0.29) is 67.0 Å². The second-order valence-corrected chi connectivity index (χ2v) is 24.7. The average molecular weight is 1130 g/mol. The highest BCUT2D eigenvalue weighted by molar-refractivity contribution is 8.76. The van der Waals surface area contributed by atoms with E-state index < -0.39 is 107 Å². The van der Waals surface area contributed by atoms with Crippen molar-refractivity contribution in [2.75, 3.05) is 38.9 Å². The SMILES string of the molecule is CO[C@H]1C(=O)[C@@]2(C)C(C3COC3C[C@@H]2OC)[C@H](OC(=O)c2ccccc2)[C@]2(O)C[C@H](OC(=O)[C@H](OC(=O)OCCSSCCC(=O)N[C@H](Cc3ccccc3)C(N)=O)[C@@H](NC(=O)OC(C)(C)C)c3ccccc3)C(C)=C1C2(C)C. The van der Waals surface area contributed by atoms with Gasteiger partial charge in [-0.1, -0.05) is 114 Å². The zero-order valence-corrected chi connectivity index (χ0v) is 47.7. The van der Waals surface area contributed by atoms with Crippen molar-refractivity contribution < 1.29 is 76.6 Å². The van der Waals surface area contributed by atoms with Crippen LogP contribution in [-0.2, 0) is 63.5 Å². The summed E-state index contributed by atoms with van der Waals surface area (Å²) in [7, 11) is 5.51. The summed E-state index contributed by atoms with van der Waals surface area (Å²) in [5.41, 5.74) is 1.61. The maximum absolute atomic E-state index is 15.6. The fourth-order valence-corrected chi connectivity index (χ4v) is 13.4. The molecule has 1 saturated heterocycles. The summed E-state index contributed by atoms with van der Waals surface area (Å²) in [6, 6.07) is 23.3. The van der Waals surface area contributed by atoms with Crippen molar-refractivity contribution in [3.8, 4) is 0 Å². The number of rotatable bonds is 21. The molecule has 2 bridgehead atoms. The van der Waals surface area contributed by atoms with Crippen LogP contribution >= 0.6 is 21.6 Å². The van der Waals surface area contributed by atoms with E-state index in [4.69, 9.17) is 43.6 Å². The maximum atomic E-state index is 15.6. The maximum Gasteiger partial charge on any atom is 0.509 e. The Morgan fingerprint density at radius 3 is 2.09 bits per heavy atom. The fraction of sp³-hybridized carbons (Fsp3) is 0.534. The number of carbonyl (C=O) groups is 7. The van der Waals surface area contributed by atoms with Crippen LogP contribution < -0.4 is 16.4 Å². The largest absolute Gasteiger partial charge is 0.509 e. The first-order valence-electron chi connectivity index (χ1n) is 26.3. The Morgan fingerprint density at radius 2 is 1.49 bits per heavy atom. The molecule has 79 heavy (non-hydrogen) atoms. The number of hydrogen-bond donors (Lipinski definition) is 4. The van der Waals surface area contributed by atoms with E-state index in [2.05, 4.69) is 10.6 Å². The number of esters is 2. The smallest absolute Gasteiger partial charge is 0.455 e. The molecule has 3 aliphatic carbocycles. The lowest BCUT2D eigenvalue weighted by molar-refractivity contribution is -0.280. The molecule has 0 aromatic heterocycles. The van der Waals surface area contributed by atoms with E-state index >= 15 is 9.59 Å². The van der Waals surface area contributed by atoms with Gasteiger partial charge < -0.3 is 59.4 Å². The molecule has 21 heteroatoms. The number of ether oxygens (including phenoxy) is 8. The Balaban J connectivity index is 1.16. The molecule has 428 valence electrons. The predicted molar refractivity (Wildman–Crippen MR) is 293 cm³/mol. The van der Waals surface area contributed by atoms with Crippen molar-refractivity contribution in [3.05, 3.63) is 119 Å². The molecule has 3 amide bonds. The highest BCUT2D eigenvalue weighted by Gasteiger charge is 2.72. The lowest BCUT2D eigenvalue weighted by Gasteiger charge is -2.65. The summed E-state index contributed by atoms with van der Waals surface area (Å²) in [6.07, 6.45) is -9.23. The van der Waals surface area contributed by atoms with Gasteiger partial charge in [0, 0.05) is 68.7 Å². The lowest BCUT2D eigenvalue weighted by Crippen LogP contribution is -2.75. The molecule has 1 heterocycles. The highest BCUT2D eigenvalue weighted by atomic mass is 33.1. The molecule has 19 nitrogen and oxygen atoms in total. The first kappa shape index (κ1) is 60.7. The Morgan fingerprint density at radius 1 is 0.861 bits per heavy atom. The molecular weight excluding hydrogens is 1060 g/mol. The normalized spacial score (nSPS) is 27.1. The lowest BCUT2D eigenvalue weighted by atomic mass is 9.46. The van der Waals surface area contributed by atoms with Crippen LogP contribution in [0.3, 0.4) is 0 Å². The number of carbonyl (C=O) groups excluding carboxylic acids is 7. The number of alkyl carbamates (subject to hydrolysis) is 1. The average Bonchev–Trinajstić information content (AvgIpc) is 2.62. The quantitative estimate of drug-likeness (QED) is 0.0274. The summed E-state index contributed by atoms with van der Waals surface area (Å²) >= 11 is 0. The van der Waals surface area contributed by atoms with Gasteiger partial charge in [0.15, 0.2) is 5.78 Å². The molecule has 0 radical (unpaired) electrons. The third-order valence-electron chi connectivity index (χ3n) is 15.7. The van der Waals surface area contributed by atoms with Gasteiger partial charge >= 0.3 is 24.2 Å². The summed E-state index contributed by atoms with van der Waals surface area (Å²) in [5, 5.41) is 19.2.